The number of nitrogens with zero attached hydrogens (tertiary/aromatic N) is 5. The third-order valence-electron chi connectivity index (χ3n) is 6.69. The molecule has 2 aliphatic rings. The highest BCUT2D eigenvalue weighted by atomic mass is 16.5. The van der Waals surface area contributed by atoms with E-state index >= 15 is 0 Å². The summed E-state index contributed by atoms with van der Waals surface area (Å²) < 4.78 is 5.29. The van der Waals surface area contributed by atoms with Crippen LogP contribution in [0.15, 0.2) is 47.6 Å². The average molecular weight is 437 g/mol. The molecule has 2 saturated heterocycles. The fourth-order valence-electron chi connectivity index (χ4n) is 4.65. The van der Waals surface area contributed by atoms with Crippen molar-refractivity contribution in [1.29, 1.82) is 0 Å². The van der Waals surface area contributed by atoms with Gasteiger partial charge in [0.1, 0.15) is 11.6 Å². The Kier molecular flexibility index (Phi) is 7.47. The van der Waals surface area contributed by atoms with Crippen molar-refractivity contribution in [3.8, 4) is 5.75 Å². The van der Waals surface area contributed by atoms with Gasteiger partial charge in [-0.2, -0.15) is 0 Å². The minimum absolute atomic E-state index is 0.522. The highest BCUT2D eigenvalue weighted by Crippen LogP contribution is 2.28. The molecule has 4 rings (SSSR count). The molecule has 1 aromatic heterocycles. The molecule has 1 atom stereocenters. The number of likely N-dealkylation sites (N-methyl/N-ethyl adjacent to an activating group) is 1. The van der Waals surface area contributed by atoms with Gasteiger partial charge in [0.2, 0.25) is 0 Å². The predicted octanol–water partition coefficient (Wildman–Crippen LogP) is 2.80. The van der Waals surface area contributed by atoms with Crippen LogP contribution in [0.2, 0.25) is 0 Å². The molecular weight excluding hydrogens is 400 g/mol. The zero-order valence-corrected chi connectivity index (χ0v) is 19.6. The highest BCUT2D eigenvalue weighted by molar-refractivity contribution is 5.80. The van der Waals surface area contributed by atoms with Crippen LogP contribution in [0, 0.1) is 0 Å². The SMILES string of the molecule is CCN1CCN(c2cc(CNC(=NC)N3CCC(c4ccc(OC)cc4)C3)ccn2)CC1. The molecule has 0 aliphatic carbocycles. The van der Waals surface area contributed by atoms with Crippen LogP contribution in [0.25, 0.3) is 0 Å². The largest absolute Gasteiger partial charge is 0.497 e. The lowest BCUT2D eigenvalue weighted by atomic mass is 9.98. The van der Waals surface area contributed by atoms with E-state index in [9.17, 15) is 0 Å². The number of aliphatic imine (C=N–C) groups is 1. The van der Waals surface area contributed by atoms with E-state index in [2.05, 4.69) is 61.2 Å². The maximum absolute atomic E-state index is 5.29. The van der Waals surface area contributed by atoms with Gasteiger partial charge in [-0.25, -0.2) is 4.98 Å². The van der Waals surface area contributed by atoms with E-state index in [0.717, 1.165) is 76.3 Å². The zero-order chi connectivity index (χ0) is 22.3. The van der Waals surface area contributed by atoms with Crippen molar-refractivity contribution >= 4 is 11.8 Å². The van der Waals surface area contributed by atoms with E-state index in [-0.39, 0.29) is 0 Å². The smallest absolute Gasteiger partial charge is 0.193 e. The van der Waals surface area contributed by atoms with Gasteiger partial charge in [-0.3, -0.25) is 4.99 Å². The average Bonchev–Trinajstić information content (AvgIpc) is 3.35. The van der Waals surface area contributed by atoms with Crippen molar-refractivity contribution < 1.29 is 4.74 Å². The summed E-state index contributed by atoms with van der Waals surface area (Å²) >= 11 is 0. The van der Waals surface area contributed by atoms with Crippen LogP contribution >= 0.6 is 0 Å². The molecule has 2 aromatic rings. The number of rotatable bonds is 6. The second kappa shape index (κ2) is 10.7. The number of hydrogen-bond acceptors (Lipinski definition) is 5. The Bertz CT molecular complexity index is 892. The van der Waals surface area contributed by atoms with Crippen molar-refractivity contribution in [2.45, 2.75) is 25.8 Å². The van der Waals surface area contributed by atoms with Crippen molar-refractivity contribution in [3.05, 3.63) is 53.7 Å². The second-order valence-corrected chi connectivity index (χ2v) is 8.55. The molecule has 172 valence electrons. The van der Waals surface area contributed by atoms with Gasteiger partial charge in [0.25, 0.3) is 0 Å². The van der Waals surface area contributed by atoms with Crippen molar-refractivity contribution in [2.24, 2.45) is 4.99 Å². The third kappa shape index (κ3) is 5.33. The summed E-state index contributed by atoms with van der Waals surface area (Å²) in [4.78, 5) is 16.4. The Hall–Kier alpha value is -2.80. The van der Waals surface area contributed by atoms with Gasteiger partial charge in [-0.15, -0.1) is 0 Å². The normalized spacial score (nSPS) is 20.0. The molecule has 1 unspecified atom stereocenters. The van der Waals surface area contributed by atoms with E-state index in [4.69, 9.17) is 4.74 Å². The Morgan fingerprint density at radius 3 is 2.59 bits per heavy atom. The molecule has 7 nitrogen and oxygen atoms in total. The summed E-state index contributed by atoms with van der Waals surface area (Å²) in [7, 11) is 3.58. The Balaban J connectivity index is 1.32. The van der Waals surface area contributed by atoms with E-state index < -0.39 is 0 Å². The van der Waals surface area contributed by atoms with Gasteiger partial charge in [-0.05, 0) is 48.4 Å². The van der Waals surface area contributed by atoms with Crippen LogP contribution in [0.1, 0.15) is 30.4 Å². The Morgan fingerprint density at radius 1 is 1.12 bits per heavy atom. The number of guanidine groups is 1. The molecule has 3 heterocycles. The zero-order valence-electron chi connectivity index (χ0n) is 19.6. The first kappa shape index (κ1) is 22.4. The number of nitrogens with one attached hydrogen (secondary N) is 1. The van der Waals surface area contributed by atoms with Crippen molar-refractivity contribution in [3.63, 3.8) is 0 Å². The van der Waals surface area contributed by atoms with Crippen LogP contribution in [-0.2, 0) is 6.54 Å². The van der Waals surface area contributed by atoms with Crippen molar-refractivity contribution in [2.75, 3.05) is 64.9 Å². The van der Waals surface area contributed by atoms with E-state index in [1.54, 1.807) is 7.11 Å². The monoisotopic (exact) mass is 436 g/mol. The van der Waals surface area contributed by atoms with Gasteiger partial charge in [0, 0.05) is 65.0 Å². The lowest BCUT2D eigenvalue weighted by molar-refractivity contribution is 0.270. The number of ether oxygens (including phenoxy) is 1. The van der Waals surface area contributed by atoms with Crippen LogP contribution < -0.4 is 15.0 Å². The quantitative estimate of drug-likeness (QED) is 0.555. The number of likely N-dealkylation sites (tertiary alicyclic amines) is 1. The van der Waals surface area contributed by atoms with Gasteiger partial charge >= 0.3 is 0 Å². The molecule has 0 spiro atoms. The van der Waals surface area contributed by atoms with Gasteiger partial charge in [0.15, 0.2) is 5.96 Å². The maximum atomic E-state index is 5.29. The Labute approximate surface area is 192 Å². The predicted molar refractivity (Wildman–Crippen MR) is 131 cm³/mol. The molecular formula is C25H36N6O. The summed E-state index contributed by atoms with van der Waals surface area (Å²) in [6, 6.07) is 12.8. The summed E-state index contributed by atoms with van der Waals surface area (Å²) in [6.07, 6.45) is 3.06. The first-order chi connectivity index (χ1) is 15.7. The Morgan fingerprint density at radius 2 is 1.91 bits per heavy atom. The first-order valence-electron chi connectivity index (χ1n) is 11.7. The van der Waals surface area contributed by atoms with Crippen LogP contribution in [0.3, 0.4) is 0 Å². The minimum Gasteiger partial charge on any atom is -0.497 e. The number of piperazine rings is 1. The van der Waals surface area contributed by atoms with Gasteiger partial charge in [-0.1, -0.05) is 19.1 Å². The molecule has 32 heavy (non-hydrogen) atoms. The van der Waals surface area contributed by atoms with Crippen LogP contribution in [0.4, 0.5) is 5.82 Å². The summed E-state index contributed by atoms with van der Waals surface area (Å²) in [5, 5.41) is 3.57. The van der Waals surface area contributed by atoms with Crippen LogP contribution in [0.5, 0.6) is 5.75 Å². The maximum Gasteiger partial charge on any atom is 0.193 e. The molecule has 0 amide bonds. The summed E-state index contributed by atoms with van der Waals surface area (Å²) in [6.45, 7) is 10.4. The van der Waals surface area contributed by atoms with Crippen molar-refractivity contribution in [1.82, 2.24) is 20.1 Å². The highest BCUT2D eigenvalue weighted by Gasteiger charge is 2.26. The number of hydrogen-bond donors (Lipinski definition) is 1. The molecule has 0 saturated carbocycles. The summed E-state index contributed by atoms with van der Waals surface area (Å²) in [5.41, 5.74) is 2.60. The standard InChI is InChI=1S/C25H36N6O/c1-4-29-13-15-30(16-14-29)24-17-20(9-11-27-24)18-28-25(26-2)31-12-10-22(19-31)21-5-7-23(32-3)8-6-21/h5-9,11,17,22H,4,10,12-16,18-19H2,1-3H3,(H,26,28). The van der Waals surface area contributed by atoms with E-state index in [1.807, 2.05) is 25.4 Å². The molecule has 0 radical (unpaired) electrons. The number of aromatic nitrogens is 1. The topological polar surface area (TPSA) is 56.2 Å². The van der Waals surface area contributed by atoms with E-state index in [0.29, 0.717) is 5.92 Å². The number of anilines is 1. The molecule has 7 heteroatoms. The van der Waals surface area contributed by atoms with Crippen LogP contribution in [-0.4, -0.2) is 80.7 Å². The minimum atomic E-state index is 0.522. The number of benzene rings is 1. The fourth-order valence-corrected chi connectivity index (χ4v) is 4.65. The third-order valence-corrected chi connectivity index (χ3v) is 6.69. The molecule has 1 N–H and O–H groups in total. The van der Waals surface area contributed by atoms with Gasteiger partial charge in [0.05, 0.1) is 7.11 Å². The summed E-state index contributed by atoms with van der Waals surface area (Å²) in [5.74, 6) is 3.48. The van der Waals surface area contributed by atoms with E-state index in [1.165, 1.54) is 11.1 Å². The second-order valence-electron chi connectivity index (χ2n) is 8.55. The molecule has 0 bridgehead atoms. The molecule has 2 aliphatic heterocycles. The fraction of sp³-hybridized carbons (Fsp3) is 0.520. The van der Waals surface area contributed by atoms with Gasteiger partial charge < -0.3 is 24.8 Å². The number of methoxy groups -OCH3 is 1. The number of pyridine rings is 1. The molecule has 2 fully saturated rings. The lowest BCUT2D eigenvalue weighted by Crippen LogP contribution is -2.46. The molecule has 1 aromatic carbocycles. The first-order valence-corrected chi connectivity index (χ1v) is 11.7. The lowest BCUT2D eigenvalue weighted by Gasteiger charge is -2.34.